The molecule has 1 aromatic carbocycles. The van der Waals surface area contributed by atoms with E-state index in [2.05, 4.69) is 4.98 Å². The van der Waals surface area contributed by atoms with Gasteiger partial charge in [-0.1, -0.05) is 12.1 Å². The lowest BCUT2D eigenvalue weighted by Crippen LogP contribution is -1.99. The molecule has 3 rings (SSSR count). The Balaban J connectivity index is 2.38. The SMILES string of the molecule is Cc1cccc2nc(-c3c(F)cccc3F)c(N)n12. The van der Waals surface area contributed by atoms with Crippen LogP contribution < -0.4 is 5.73 Å². The van der Waals surface area contributed by atoms with Crippen molar-refractivity contribution in [2.75, 3.05) is 5.73 Å². The fourth-order valence-electron chi connectivity index (χ4n) is 2.19. The number of benzene rings is 1. The molecule has 19 heavy (non-hydrogen) atoms. The molecule has 0 aliphatic heterocycles. The van der Waals surface area contributed by atoms with Crippen LogP contribution in [0.3, 0.4) is 0 Å². The minimum atomic E-state index is -0.673. The highest BCUT2D eigenvalue weighted by Gasteiger charge is 2.19. The molecule has 3 nitrogen and oxygen atoms in total. The first kappa shape index (κ1) is 11.6. The van der Waals surface area contributed by atoms with Gasteiger partial charge in [0.25, 0.3) is 0 Å². The van der Waals surface area contributed by atoms with Gasteiger partial charge in [0.15, 0.2) is 0 Å². The number of pyridine rings is 1. The fraction of sp³-hybridized carbons (Fsp3) is 0.0714. The molecule has 0 saturated heterocycles. The second kappa shape index (κ2) is 4.05. The molecule has 0 saturated carbocycles. The molecule has 0 fully saturated rings. The van der Waals surface area contributed by atoms with Crippen molar-refractivity contribution in [2.24, 2.45) is 0 Å². The lowest BCUT2D eigenvalue weighted by atomic mass is 10.1. The Labute approximate surface area is 108 Å². The highest BCUT2D eigenvalue weighted by Crippen LogP contribution is 2.31. The molecular formula is C14H11F2N3. The summed E-state index contributed by atoms with van der Waals surface area (Å²) in [7, 11) is 0. The van der Waals surface area contributed by atoms with Crippen LogP contribution in [0.4, 0.5) is 14.6 Å². The van der Waals surface area contributed by atoms with Gasteiger partial charge in [-0.3, -0.25) is 4.40 Å². The number of nitrogen functional groups attached to an aromatic ring is 1. The molecule has 0 amide bonds. The third-order valence-electron chi connectivity index (χ3n) is 3.07. The van der Waals surface area contributed by atoms with Gasteiger partial charge in [0, 0.05) is 5.69 Å². The molecule has 0 aliphatic rings. The summed E-state index contributed by atoms with van der Waals surface area (Å²) in [5.41, 5.74) is 7.33. The number of halogens is 2. The molecule has 0 atom stereocenters. The smallest absolute Gasteiger partial charge is 0.139 e. The Hall–Kier alpha value is -2.43. The average molecular weight is 259 g/mol. The van der Waals surface area contributed by atoms with E-state index in [-0.39, 0.29) is 17.1 Å². The highest BCUT2D eigenvalue weighted by molar-refractivity contribution is 5.76. The Bertz CT molecular complexity index is 757. The largest absolute Gasteiger partial charge is 0.383 e. The van der Waals surface area contributed by atoms with Gasteiger partial charge in [0.05, 0.1) is 5.56 Å². The highest BCUT2D eigenvalue weighted by atomic mass is 19.1. The number of rotatable bonds is 1. The zero-order valence-corrected chi connectivity index (χ0v) is 10.2. The molecule has 2 N–H and O–H groups in total. The number of hydrogen-bond acceptors (Lipinski definition) is 2. The second-order valence-electron chi connectivity index (χ2n) is 4.30. The summed E-state index contributed by atoms with van der Waals surface area (Å²) in [6.07, 6.45) is 0. The molecule has 0 aliphatic carbocycles. The van der Waals surface area contributed by atoms with Gasteiger partial charge in [-0.15, -0.1) is 0 Å². The van der Waals surface area contributed by atoms with Crippen LogP contribution in [0.25, 0.3) is 16.9 Å². The third-order valence-corrected chi connectivity index (χ3v) is 3.07. The lowest BCUT2D eigenvalue weighted by molar-refractivity contribution is 0.589. The van der Waals surface area contributed by atoms with Crippen molar-refractivity contribution >= 4 is 11.5 Å². The van der Waals surface area contributed by atoms with E-state index in [1.165, 1.54) is 18.2 Å². The number of nitrogens with zero attached hydrogens (tertiary/aromatic N) is 2. The Morgan fingerprint density at radius 1 is 1.05 bits per heavy atom. The molecular weight excluding hydrogens is 248 g/mol. The van der Waals surface area contributed by atoms with Crippen molar-refractivity contribution < 1.29 is 8.78 Å². The molecule has 0 bridgehead atoms. The normalized spacial score (nSPS) is 11.1. The van der Waals surface area contributed by atoms with Gasteiger partial charge in [0.2, 0.25) is 0 Å². The molecule has 2 heterocycles. The predicted octanol–water partition coefficient (Wildman–Crippen LogP) is 3.17. The predicted molar refractivity (Wildman–Crippen MR) is 69.7 cm³/mol. The average Bonchev–Trinajstić information content (AvgIpc) is 2.68. The van der Waals surface area contributed by atoms with Crippen molar-refractivity contribution in [3.05, 3.63) is 53.7 Å². The number of anilines is 1. The molecule has 0 spiro atoms. The van der Waals surface area contributed by atoms with Gasteiger partial charge in [-0.05, 0) is 31.2 Å². The van der Waals surface area contributed by atoms with E-state index in [1.807, 2.05) is 19.1 Å². The second-order valence-corrected chi connectivity index (χ2v) is 4.30. The van der Waals surface area contributed by atoms with Crippen LogP contribution in [0.1, 0.15) is 5.69 Å². The van der Waals surface area contributed by atoms with Crippen molar-refractivity contribution in [3.63, 3.8) is 0 Å². The monoisotopic (exact) mass is 259 g/mol. The van der Waals surface area contributed by atoms with Crippen molar-refractivity contribution in [2.45, 2.75) is 6.92 Å². The number of fused-ring (bicyclic) bond motifs is 1. The maximum Gasteiger partial charge on any atom is 0.139 e. The summed E-state index contributed by atoms with van der Waals surface area (Å²) in [6, 6.07) is 9.10. The topological polar surface area (TPSA) is 43.3 Å². The Morgan fingerprint density at radius 2 is 1.68 bits per heavy atom. The summed E-state index contributed by atoms with van der Waals surface area (Å²) in [5.74, 6) is -1.11. The lowest BCUT2D eigenvalue weighted by Gasteiger charge is -2.04. The molecule has 96 valence electrons. The van der Waals surface area contributed by atoms with Crippen LogP contribution in [0, 0.1) is 18.6 Å². The number of imidazole rings is 1. The Morgan fingerprint density at radius 3 is 2.32 bits per heavy atom. The van der Waals surface area contributed by atoms with Gasteiger partial charge < -0.3 is 5.73 Å². The zero-order valence-electron chi connectivity index (χ0n) is 10.2. The molecule has 0 unspecified atom stereocenters. The summed E-state index contributed by atoms with van der Waals surface area (Å²) >= 11 is 0. The summed E-state index contributed by atoms with van der Waals surface area (Å²) in [5, 5.41) is 0. The maximum absolute atomic E-state index is 13.8. The standard InChI is InChI=1S/C14H11F2N3/c1-8-4-2-7-11-18-13(14(17)19(8)11)12-9(15)5-3-6-10(12)16/h2-7H,17H2,1H3. The molecule has 5 heteroatoms. The maximum atomic E-state index is 13.8. The van der Waals surface area contributed by atoms with E-state index in [1.54, 1.807) is 10.5 Å². The first-order valence-electron chi connectivity index (χ1n) is 5.77. The summed E-state index contributed by atoms with van der Waals surface area (Å²) < 4.78 is 29.3. The van der Waals surface area contributed by atoms with E-state index in [0.29, 0.717) is 5.65 Å². The van der Waals surface area contributed by atoms with Crippen molar-refractivity contribution in [1.82, 2.24) is 9.38 Å². The van der Waals surface area contributed by atoms with Gasteiger partial charge in [0.1, 0.15) is 28.8 Å². The third kappa shape index (κ3) is 1.66. The first-order chi connectivity index (χ1) is 9.09. The minimum Gasteiger partial charge on any atom is -0.383 e. The van der Waals surface area contributed by atoms with E-state index >= 15 is 0 Å². The van der Waals surface area contributed by atoms with Crippen LogP contribution >= 0.6 is 0 Å². The molecule has 0 radical (unpaired) electrons. The summed E-state index contributed by atoms with van der Waals surface area (Å²) in [6.45, 7) is 1.85. The fourth-order valence-corrected chi connectivity index (χ4v) is 2.19. The quantitative estimate of drug-likeness (QED) is 0.729. The van der Waals surface area contributed by atoms with Crippen LogP contribution in [0.2, 0.25) is 0 Å². The van der Waals surface area contributed by atoms with E-state index in [0.717, 1.165) is 5.69 Å². The van der Waals surface area contributed by atoms with Gasteiger partial charge in [-0.25, -0.2) is 13.8 Å². The molecule has 2 aromatic heterocycles. The van der Waals surface area contributed by atoms with E-state index in [9.17, 15) is 8.78 Å². The number of nitrogens with two attached hydrogens (primary N) is 1. The van der Waals surface area contributed by atoms with Crippen LogP contribution in [-0.2, 0) is 0 Å². The van der Waals surface area contributed by atoms with Crippen LogP contribution in [-0.4, -0.2) is 9.38 Å². The zero-order chi connectivity index (χ0) is 13.6. The van der Waals surface area contributed by atoms with Crippen molar-refractivity contribution in [3.8, 4) is 11.3 Å². The number of aryl methyl sites for hydroxylation is 1. The van der Waals surface area contributed by atoms with Crippen LogP contribution in [0.15, 0.2) is 36.4 Å². The Kier molecular flexibility index (Phi) is 2.48. The van der Waals surface area contributed by atoms with Gasteiger partial charge >= 0.3 is 0 Å². The summed E-state index contributed by atoms with van der Waals surface area (Å²) in [4.78, 5) is 4.22. The molecule has 3 aromatic rings. The van der Waals surface area contributed by atoms with Crippen LogP contribution in [0.5, 0.6) is 0 Å². The van der Waals surface area contributed by atoms with E-state index < -0.39 is 11.6 Å². The number of aromatic nitrogens is 2. The number of hydrogen-bond donors (Lipinski definition) is 1. The van der Waals surface area contributed by atoms with E-state index in [4.69, 9.17) is 5.73 Å². The van der Waals surface area contributed by atoms with Crippen molar-refractivity contribution in [1.29, 1.82) is 0 Å². The first-order valence-corrected chi connectivity index (χ1v) is 5.77. The van der Waals surface area contributed by atoms with Gasteiger partial charge in [-0.2, -0.15) is 0 Å². The minimum absolute atomic E-state index is 0.130.